The molecule has 2 fully saturated rings. The Morgan fingerprint density at radius 1 is 1.31 bits per heavy atom. The van der Waals surface area contributed by atoms with Crippen LogP contribution in [0.5, 0.6) is 0 Å². The second kappa shape index (κ2) is 8.82. The van der Waals surface area contributed by atoms with Crippen molar-refractivity contribution in [3.63, 3.8) is 0 Å². The summed E-state index contributed by atoms with van der Waals surface area (Å²) in [5.74, 6) is -0.266. The van der Waals surface area contributed by atoms with Crippen molar-refractivity contribution in [2.45, 2.75) is 64.4 Å². The first-order chi connectivity index (χ1) is 12.5. The number of anilines is 1. The van der Waals surface area contributed by atoms with Gasteiger partial charge in [-0.2, -0.15) is 0 Å². The molecule has 0 saturated carbocycles. The summed E-state index contributed by atoms with van der Waals surface area (Å²) < 4.78 is 25.8. The monoisotopic (exact) mass is 364 g/mol. The fourth-order valence-corrected chi connectivity index (χ4v) is 3.74. The van der Waals surface area contributed by atoms with Gasteiger partial charge in [-0.05, 0) is 50.8 Å². The van der Waals surface area contributed by atoms with Crippen molar-refractivity contribution in [2.75, 3.05) is 24.6 Å². The zero-order valence-electron chi connectivity index (χ0n) is 15.7. The Morgan fingerprint density at radius 2 is 2.08 bits per heavy atom. The van der Waals surface area contributed by atoms with E-state index in [-0.39, 0.29) is 30.0 Å². The molecule has 0 aliphatic carbocycles. The summed E-state index contributed by atoms with van der Waals surface area (Å²) in [6, 6.07) is 5.19. The molecule has 0 spiro atoms. The summed E-state index contributed by atoms with van der Waals surface area (Å²) >= 11 is 0. The third-order valence-corrected chi connectivity index (χ3v) is 4.98. The van der Waals surface area contributed by atoms with Crippen LogP contribution in [0.15, 0.2) is 18.2 Å². The lowest BCUT2D eigenvalue weighted by molar-refractivity contribution is -0.121. The highest BCUT2D eigenvalue weighted by molar-refractivity contribution is 5.75. The second-order valence-corrected chi connectivity index (χ2v) is 7.40. The van der Waals surface area contributed by atoms with Crippen molar-refractivity contribution in [1.29, 1.82) is 0 Å². The van der Waals surface area contributed by atoms with Crippen LogP contribution in [0.4, 0.5) is 10.1 Å². The molecule has 3 rings (SSSR count). The van der Waals surface area contributed by atoms with Crippen LogP contribution in [-0.4, -0.2) is 43.9 Å². The average Bonchev–Trinajstić information content (AvgIpc) is 3.11. The van der Waals surface area contributed by atoms with E-state index in [0.717, 1.165) is 31.4 Å². The summed E-state index contributed by atoms with van der Waals surface area (Å²) in [6.45, 7) is 6.51. The molecule has 0 unspecified atom stereocenters. The minimum Gasteiger partial charge on any atom is -0.378 e. The van der Waals surface area contributed by atoms with Gasteiger partial charge in [0.1, 0.15) is 5.82 Å². The van der Waals surface area contributed by atoms with E-state index in [1.807, 2.05) is 24.8 Å². The molecule has 2 aliphatic rings. The molecule has 1 N–H and O–H groups in total. The lowest BCUT2D eigenvalue weighted by Crippen LogP contribution is -2.45. The van der Waals surface area contributed by atoms with Crippen molar-refractivity contribution in [3.05, 3.63) is 29.6 Å². The van der Waals surface area contributed by atoms with E-state index in [1.54, 1.807) is 6.07 Å². The highest BCUT2D eigenvalue weighted by Gasteiger charge is 2.24. The number of morpholine rings is 1. The first-order valence-electron chi connectivity index (χ1n) is 9.58. The van der Waals surface area contributed by atoms with Crippen molar-refractivity contribution in [3.8, 4) is 0 Å². The Labute approximate surface area is 154 Å². The van der Waals surface area contributed by atoms with Gasteiger partial charge in [0.25, 0.3) is 0 Å². The van der Waals surface area contributed by atoms with Crippen LogP contribution in [0.2, 0.25) is 0 Å². The maximum atomic E-state index is 14.6. The van der Waals surface area contributed by atoms with Gasteiger partial charge in [-0.15, -0.1) is 0 Å². The smallest absolute Gasteiger partial charge is 0.220 e. The van der Waals surface area contributed by atoms with Gasteiger partial charge in [0.15, 0.2) is 0 Å². The summed E-state index contributed by atoms with van der Waals surface area (Å²) in [7, 11) is 0. The number of carbonyl (C=O) groups excluding carboxylic acids is 1. The number of amides is 1. The quantitative estimate of drug-likeness (QED) is 0.843. The number of hydrogen-bond acceptors (Lipinski definition) is 4. The van der Waals surface area contributed by atoms with E-state index in [2.05, 4.69) is 5.32 Å². The Bertz CT molecular complexity index is 609. The first-order valence-corrected chi connectivity index (χ1v) is 9.58. The van der Waals surface area contributed by atoms with Gasteiger partial charge >= 0.3 is 0 Å². The highest BCUT2D eigenvalue weighted by Crippen LogP contribution is 2.24. The molecule has 144 valence electrons. The number of hydrogen-bond donors (Lipinski definition) is 1. The number of carbonyl (C=O) groups is 1. The van der Waals surface area contributed by atoms with E-state index in [0.29, 0.717) is 31.7 Å². The van der Waals surface area contributed by atoms with E-state index < -0.39 is 0 Å². The van der Waals surface area contributed by atoms with Crippen molar-refractivity contribution < 1.29 is 18.7 Å². The Balaban J connectivity index is 1.50. The molecule has 0 bridgehead atoms. The summed E-state index contributed by atoms with van der Waals surface area (Å²) in [5.41, 5.74) is 1.37. The van der Waals surface area contributed by atoms with E-state index in [4.69, 9.17) is 9.47 Å². The molecule has 2 aliphatic heterocycles. The van der Waals surface area contributed by atoms with Crippen molar-refractivity contribution in [2.24, 2.45) is 0 Å². The van der Waals surface area contributed by atoms with Crippen molar-refractivity contribution >= 4 is 11.6 Å². The zero-order valence-corrected chi connectivity index (χ0v) is 15.7. The number of halogens is 1. The van der Waals surface area contributed by atoms with Gasteiger partial charge in [0.2, 0.25) is 5.91 Å². The number of ether oxygens (including phenoxy) is 2. The maximum Gasteiger partial charge on any atom is 0.220 e. The molecule has 0 radical (unpaired) electrons. The van der Waals surface area contributed by atoms with Gasteiger partial charge < -0.3 is 19.7 Å². The predicted octanol–water partition coefficient (Wildman–Crippen LogP) is 3.01. The molecule has 1 aromatic rings. The summed E-state index contributed by atoms with van der Waals surface area (Å²) in [4.78, 5) is 14.0. The number of rotatable bonds is 6. The minimum atomic E-state index is -0.252. The van der Waals surface area contributed by atoms with Crippen molar-refractivity contribution in [1.82, 2.24) is 5.32 Å². The van der Waals surface area contributed by atoms with Crippen LogP contribution in [-0.2, 0) is 20.8 Å². The number of benzene rings is 1. The zero-order chi connectivity index (χ0) is 18.5. The van der Waals surface area contributed by atoms with E-state index in [9.17, 15) is 9.18 Å². The molecule has 2 saturated heterocycles. The summed E-state index contributed by atoms with van der Waals surface area (Å²) in [6.07, 6.45) is 3.72. The molecule has 1 amide bonds. The SMILES string of the molecule is C[C@@H]1CN(c2ccc(CNC(=O)CC[C@H]3CCCO3)cc2F)C[C@@H](C)O1. The van der Waals surface area contributed by atoms with Crippen LogP contribution >= 0.6 is 0 Å². The van der Waals surface area contributed by atoms with Crippen LogP contribution < -0.4 is 10.2 Å². The standard InChI is InChI=1S/C20H29FN2O3/c1-14-12-23(13-15(2)26-14)19-7-5-16(10-18(19)21)11-22-20(24)8-6-17-4-3-9-25-17/h5,7,10,14-15,17H,3-4,6,8-9,11-13H2,1-2H3,(H,22,24)/t14-,15-,17-/m1/s1. The van der Waals surface area contributed by atoms with Crippen LogP contribution in [0.25, 0.3) is 0 Å². The lowest BCUT2D eigenvalue weighted by Gasteiger charge is -2.37. The van der Waals surface area contributed by atoms with Gasteiger partial charge in [-0.3, -0.25) is 4.79 Å². The topological polar surface area (TPSA) is 50.8 Å². The predicted molar refractivity (Wildman–Crippen MR) is 98.7 cm³/mol. The fraction of sp³-hybridized carbons (Fsp3) is 0.650. The minimum absolute atomic E-state index is 0.0131. The maximum absolute atomic E-state index is 14.6. The van der Waals surface area contributed by atoms with Crippen LogP contribution in [0, 0.1) is 5.82 Å². The molecule has 2 heterocycles. The van der Waals surface area contributed by atoms with E-state index in [1.165, 1.54) is 6.07 Å². The van der Waals surface area contributed by atoms with Gasteiger partial charge in [-0.1, -0.05) is 6.07 Å². The summed E-state index contributed by atoms with van der Waals surface area (Å²) in [5, 5.41) is 2.87. The van der Waals surface area contributed by atoms with E-state index >= 15 is 0 Å². The van der Waals surface area contributed by atoms with Gasteiger partial charge in [-0.25, -0.2) is 4.39 Å². The number of nitrogens with one attached hydrogen (secondary N) is 1. The molecule has 5 nitrogen and oxygen atoms in total. The molecular weight excluding hydrogens is 335 g/mol. The molecule has 3 atom stereocenters. The average molecular weight is 364 g/mol. The molecule has 1 aromatic carbocycles. The van der Waals surface area contributed by atoms with Gasteiger partial charge in [0, 0.05) is 32.7 Å². The third kappa shape index (κ3) is 5.17. The van der Waals surface area contributed by atoms with Gasteiger partial charge in [0.05, 0.1) is 24.0 Å². The highest BCUT2D eigenvalue weighted by atomic mass is 19.1. The Kier molecular flexibility index (Phi) is 6.48. The largest absolute Gasteiger partial charge is 0.378 e. The molecular formula is C20H29FN2O3. The Hall–Kier alpha value is -1.66. The molecule has 26 heavy (non-hydrogen) atoms. The first kappa shape index (κ1) is 19.1. The fourth-order valence-electron chi connectivity index (χ4n) is 3.74. The van der Waals surface area contributed by atoms with Crippen LogP contribution in [0.1, 0.15) is 45.1 Å². The normalized spacial score (nSPS) is 26.1. The second-order valence-electron chi connectivity index (χ2n) is 7.40. The third-order valence-electron chi connectivity index (χ3n) is 4.98. The lowest BCUT2D eigenvalue weighted by atomic mass is 10.1. The molecule has 6 heteroatoms. The van der Waals surface area contributed by atoms with Crippen LogP contribution in [0.3, 0.4) is 0 Å². The Morgan fingerprint density at radius 3 is 2.73 bits per heavy atom. The number of nitrogens with zero attached hydrogens (tertiary/aromatic N) is 1. The molecule has 0 aromatic heterocycles.